The van der Waals surface area contributed by atoms with Gasteiger partial charge in [-0.05, 0) is 49.3 Å². The molecule has 0 aromatic heterocycles. The van der Waals surface area contributed by atoms with Crippen LogP contribution in [0, 0.1) is 33.3 Å². The summed E-state index contributed by atoms with van der Waals surface area (Å²) < 4.78 is 20.8. The molecule has 2 bridgehead atoms. The minimum atomic E-state index is -1.41. The summed E-state index contributed by atoms with van der Waals surface area (Å²) in [6.07, 6.45) is -1.72. The van der Waals surface area contributed by atoms with Crippen molar-refractivity contribution in [3.8, 4) is 11.5 Å². The van der Waals surface area contributed by atoms with Crippen LogP contribution in [-0.2, 0) is 38.8 Å². The third-order valence-corrected chi connectivity index (χ3v) is 8.08. The minimum Gasteiger partial charge on any atom is -0.508 e. The quantitative estimate of drug-likeness (QED) is 0.0988. The molecule has 1 N–H and O–H groups in total. The maximum atomic E-state index is 12.9. The van der Waals surface area contributed by atoms with Crippen molar-refractivity contribution < 1.29 is 53.2 Å². The molecule has 4 atom stereocenters. The monoisotopic (exact) mass is 579 g/mol. The van der Waals surface area contributed by atoms with Crippen molar-refractivity contribution >= 4 is 23.9 Å². The van der Waals surface area contributed by atoms with Gasteiger partial charge in [0, 0.05) is 30.7 Å². The summed E-state index contributed by atoms with van der Waals surface area (Å²) in [5.41, 5.74) is -1.30. The lowest BCUT2D eigenvalue weighted by Crippen LogP contribution is -2.56. The number of ketones is 1. The average Bonchev–Trinajstić information content (AvgIpc) is 2.84. The number of nitrogens with zero attached hydrogens (tertiary/aromatic N) is 1. The summed E-state index contributed by atoms with van der Waals surface area (Å²) in [7, 11) is 0. The van der Waals surface area contributed by atoms with Gasteiger partial charge in [0.1, 0.15) is 30.5 Å². The van der Waals surface area contributed by atoms with Crippen LogP contribution < -0.4 is 4.74 Å². The van der Waals surface area contributed by atoms with Gasteiger partial charge < -0.3 is 28.9 Å². The molecule has 4 rings (SSSR count). The third kappa shape index (κ3) is 6.71. The number of hydrogen-bond acceptors (Lipinski definition) is 12. The smallest absolute Gasteiger partial charge is 0.508 e. The number of fused-ring (bicyclic) bond motifs is 2. The minimum absolute atomic E-state index is 0.0193. The van der Waals surface area contributed by atoms with Gasteiger partial charge in [-0.3, -0.25) is 14.4 Å². The Balaban J connectivity index is 1.94. The highest BCUT2D eigenvalue weighted by Gasteiger charge is 2.59. The number of Topliss-reactive ketones (excluding diaryl/α,β-unsaturated/α-hetero) is 1. The Morgan fingerprint density at radius 2 is 1.80 bits per heavy atom. The molecule has 3 aliphatic rings. The van der Waals surface area contributed by atoms with Gasteiger partial charge in [-0.25, -0.2) is 4.79 Å². The Bertz CT molecular complexity index is 1220. The SMILES string of the molecule is CC(OC(=O)Oc1cc(C(C)(C)C(=O)OCCO[N+](=O)[O-])cc(O)c1[C@@H]1CC(=O)[C@@H]2C[C@@H]1C2(C)C)OC(=O)C(C)C. The molecule has 0 radical (unpaired) electrons. The normalized spacial score (nSPS) is 21.8. The Kier molecular flexibility index (Phi) is 9.19. The summed E-state index contributed by atoms with van der Waals surface area (Å²) in [5, 5.41) is 20.6. The molecule has 3 fully saturated rings. The number of carbonyl (C=O) groups excluding carboxylic acids is 4. The number of ether oxygens (including phenoxy) is 4. The van der Waals surface area contributed by atoms with Crippen molar-refractivity contribution in [3.05, 3.63) is 33.4 Å². The molecule has 226 valence electrons. The van der Waals surface area contributed by atoms with Gasteiger partial charge in [0.25, 0.3) is 5.09 Å². The number of aromatic hydroxyl groups is 1. The van der Waals surface area contributed by atoms with Crippen LogP contribution in [0.15, 0.2) is 12.1 Å². The molecule has 0 amide bonds. The van der Waals surface area contributed by atoms with Crippen molar-refractivity contribution in [2.24, 2.45) is 23.2 Å². The van der Waals surface area contributed by atoms with Crippen molar-refractivity contribution in [1.82, 2.24) is 0 Å². The zero-order valence-electron chi connectivity index (χ0n) is 24.3. The van der Waals surface area contributed by atoms with Gasteiger partial charge in [0.05, 0.1) is 11.3 Å². The Morgan fingerprint density at radius 3 is 2.37 bits per heavy atom. The summed E-state index contributed by atoms with van der Waals surface area (Å²) in [4.78, 5) is 64.9. The first-order valence-corrected chi connectivity index (χ1v) is 13.4. The number of rotatable bonds is 11. The molecular formula is C28H37NO12. The van der Waals surface area contributed by atoms with E-state index in [4.69, 9.17) is 18.9 Å². The van der Waals surface area contributed by atoms with Gasteiger partial charge in [-0.1, -0.05) is 27.7 Å². The first-order chi connectivity index (χ1) is 19.0. The van der Waals surface area contributed by atoms with Crippen LogP contribution in [0.2, 0.25) is 0 Å². The predicted molar refractivity (Wildman–Crippen MR) is 140 cm³/mol. The third-order valence-electron chi connectivity index (χ3n) is 8.08. The van der Waals surface area contributed by atoms with Crippen LogP contribution in [0.1, 0.15) is 78.4 Å². The summed E-state index contributed by atoms with van der Waals surface area (Å²) in [6.45, 7) is 10.7. The molecule has 13 nitrogen and oxygen atoms in total. The first kappa shape index (κ1) is 31.6. The molecule has 1 unspecified atom stereocenters. The highest BCUT2D eigenvalue weighted by molar-refractivity contribution is 5.87. The fourth-order valence-corrected chi connectivity index (χ4v) is 5.54. The maximum Gasteiger partial charge on any atom is 0.516 e. The first-order valence-electron chi connectivity index (χ1n) is 13.4. The molecule has 1 aromatic carbocycles. The van der Waals surface area contributed by atoms with E-state index in [-0.39, 0.29) is 52.1 Å². The fourth-order valence-electron chi connectivity index (χ4n) is 5.54. The molecule has 0 spiro atoms. The van der Waals surface area contributed by atoms with Crippen molar-refractivity contribution in [2.75, 3.05) is 13.2 Å². The zero-order chi connectivity index (χ0) is 30.9. The van der Waals surface area contributed by atoms with Crippen LogP contribution in [-0.4, -0.2) is 53.6 Å². The molecule has 41 heavy (non-hydrogen) atoms. The number of hydrogen-bond donors (Lipinski definition) is 1. The van der Waals surface area contributed by atoms with Crippen molar-refractivity contribution in [2.45, 2.75) is 78.9 Å². The van der Waals surface area contributed by atoms with Gasteiger partial charge >= 0.3 is 18.1 Å². The summed E-state index contributed by atoms with van der Waals surface area (Å²) in [5.74, 6) is -2.71. The highest BCUT2D eigenvalue weighted by Crippen LogP contribution is 2.64. The zero-order valence-corrected chi connectivity index (χ0v) is 24.3. The Labute approximate surface area is 237 Å². The summed E-state index contributed by atoms with van der Waals surface area (Å²) >= 11 is 0. The number of phenolic OH excluding ortho intramolecular Hbond substituents is 1. The van der Waals surface area contributed by atoms with Crippen molar-refractivity contribution in [1.29, 1.82) is 0 Å². The second kappa shape index (κ2) is 11.9. The van der Waals surface area contributed by atoms with E-state index in [2.05, 4.69) is 4.84 Å². The molecule has 0 aliphatic heterocycles. The lowest BCUT2D eigenvalue weighted by Gasteiger charge is -2.59. The highest BCUT2D eigenvalue weighted by atomic mass is 17.0. The van der Waals surface area contributed by atoms with Crippen LogP contribution in [0.5, 0.6) is 11.5 Å². The van der Waals surface area contributed by atoms with Gasteiger partial charge in [0.15, 0.2) is 0 Å². The van der Waals surface area contributed by atoms with Crippen molar-refractivity contribution in [3.63, 3.8) is 0 Å². The van der Waals surface area contributed by atoms with E-state index in [0.29, 0.717) is 6.42 Å². The average molecular weight is 580 g/mol. The van der Waals surface area contributed by atoms with E-state index in [1.54, 1.807) is 13.8 Å². The lowest BCUT2D eigenvalue weighted by atomic mass is 9.44. The van der Waals surface area contributed by atoms with Gasteiger partial charge in [-0.2, -0.15) is 0 Å². The standard InChI is InChI=1S/C28H37NO12/c1-14(2)24(32)39-15(3)40-26(34)41-22-11-16(27(4,5)25(33)37-8-9-38-29(35)36)10-21(31)23(22)17-12-20(30)19-13-18(17)28(19,6)7/h10-11,14-15,17-19,31H,8-9,12-13H2,1-7H3/t15?,17-,18+,19+/m1/s1. The van der Waals surface area contributed by atoms with Gasteiger partial charge in [0.2, 0.25) is 6.29 Å². The van der Waals surface area contributed by atoms with Crippen LogP contribution in [0.3, 0.4) is 0 Å². The maximum absolute atomic E-state index is 12.9. The second-order valence-electron chi connectivity index (χ2n) is 11.8. The number of phenols is 1. The van der Waals surface area contributed by atoms with E-state index >= 15 is 0 Å². The molecule has 0 saturated heterocycles. The van der Waals surface area contributed by atoms with E-state index in [1.807, 2.05) is 13.8 Å². The number of carbonyl (C=O) groups is 4. The molecule has 3 saturated carbocycles. The van der Waals surface area contributed by atoms with Crippen LogP contribution in [0.4, 0.5) is 4.79 Å². The molecule has 1 aromatic rings. The lowest BCUT2D eigenvalue weighted by molar-refractivity contribution is -0.757. The number of benzene rings is 1. The van der Waals surface area contributed by atoms with E-state index < -0.39 is 59.9 Å². The van der Waals surface area contributed by atoms with Crippen LogP contribution in [0.25, 0.3) is 0 Å². The fraction of sp³-hybridized carbons (Fsp3) is 0.643. The van der Waals surface area contributed by atoms with Gasteiger partial charge in [-0.15, -0.1) is 10.1 Å². The largest absolute Gasteiger partial charge is 0.516 e. The molecule has 13 heteroatoms. The molecular weight excluding hydrogens is 542 g/mol. The predicted octanol–water partition coefficient (Wildman–Crippen LogP) is 4.20. The topological polar surface area (TPSA) is 178 Å². The number of esters is 2. The van der Waals surface area contributed by atoms with Crippen LogP contribution >= 0.6 is 0 Å². The van der Waals surface area contributed by atoms with E-state index in [9.17, 15) is 34.4 Å². The van der Waals surface area contributed by atoms with E-state index in [1.165, 1.54) is 32.9 Å². The Morgan fingerprint density at radius 1 is 1.15 bits per heavy atom. The Hall–Kier alpha value is -3.90. The van der Waals surface area contributed by atoms with E-state index in [0.717, 1.165) is 0 Å². The molecule has 0 heterocycles. The molecule has 3 aliphatic carbocycles. The second-order valence-corrected chi connectivity index (χ2v) is 11.8. The summed E-state index contributed by atoms with van der Waals surface area (Å²) in [6, 6.07) is 2.73.